The molecule has 3 rings (SSSR count). The zero-order valence-electron chi connectivity index (χ0n) is 23.2. The third-order valence-corrected chi connectivity index (χ3v) is 7.90. The Kier molecular flexibility index (Phi) is 10.2. The van der Waals surface area contributed by atoms with E-state index < -0.39 is 33.5 Å². The smallest absolute Gasteiger partial charge is 0.409 e. The van der Waals surface area contributed by atoms with Gasteiger partial charge in [0, 0.05) is 12.5 Å². The van der Waals surface area contributed by atoms with Gasteiger partial charge >= 0.3 is 6.09 Å². The van der Waals surface area contributed by atoms with Crippen molar-refractivity contribution in [2.45, 2.75) is 81.2 Å². The second kappa shape index (κ2) is 13.0. The van der Waals surface area contributed by atoms with Crippen molar-refractivity contribution in [2.75, 3.05) is 20.8 Å². The fourth-order valence-electron chi connectivity index (χ4n) is 4.49. The summed E-state index contributed by atoms with van der Waals surface area (Å²) in [5.41, 5.74) is -2.12. The molecule has 0 bridgehead atoms. The van der Waals surface area contributed by atoms with Gasteiger partial charge in [-0.15, -0.1) is 0 Å². The molecule has 2 unspecified atom stereocenters. The van der Waals surface area contributed by atoms with E-state index in [9.17, 15) is 18.3 Å². The van der Waals surface area contributed by atoms with Gasteiger partial charge in [-0.3, -0.25) is 5.32 Å². The van der Waals surface area contributed by atoms with Crippen molar-refractivity contribution < 1.29 is 37.3 Å². The molecule has 0 spiro atoms. The lowest BCUT2D eigenvalue weighted by Crippen LogP contribution is -2.69. The van der Waals surface area contributed by atoms with E-state index >= 15 is 0 Å². The van der Waals surface area contributed by atoms with Crippen LogP contribution in [0.3, 0.4) is 0 Å². The Hall–Kier alpha value is -2.86. The van der Waals surface area contributed by atoms with Gasteiger partial charge < -0.3 is 24.1 Å². The summed E-state index contributed by atoms with van der Waals surface area (Å²) in [5, 5.41) is 14.2. The molecule has 2 aromatic carbocycles. The van der Waals surface area contributed by atoms with Crippen LogP contribution in [0.4, 0.5) is 4.79 Å². The van der Waals surface area contributed by atoms with Crippen molar-refractivity contribution in [3.05, 3.63) is 54.1 Å². The van der Waals surface area contributed by atoms with Crippen molar-refractivity contribution in [3.63, 3.8) is 0 Å². The molecule has 2 aromatic rings. The minimum atomic E-state index is -4.34. The van der Waals surface area contributed by atoms with Crippen LogP contribution >= 0.6 is 0 Å². The second-order valence-electron chi connectivity index (χ2n) is 10.6. The molecular formula is C28H40N2O8S. The number of hydrogen-bond donors (Lipinski definition) is 3. The molecule has 0 aliphatic heterocycles. The lowest BCUT2D eigenvalue weighted by atomic mass is 9.95. The highest BCUT2D eigenvalue weighted by Crippen LogP contribution is 2.31. The molecule has 1 amide bonds. The number of sulfonamides is 1. The van der Waals surface area contributed by atoms with Crippen molar-refractivity contribution in [1.82, 2.24) is 10.0 Å². The van der Waals surface area contributed by atoms with E-state index in [0.29, 0.717) is 11.3 Å². The number of aliphatic hydroxyl groups excluding tert-OH is 1. The zero-order chi connectivity index (χ0) is 28.7. The molecule has 0 saturated heterocycles. The molecule has 10 nitrogen and oxygen atoms in total. The van der Waals surface area contributed by atoms with E-state index in [1.807, 2.05) is 6.07 Å². The van der Waals surface area contributed by atoms with Crippen LogP contribution in [-0.4, -0.2) is 63.9 Å². The third-order valence-electron chi connectivity index (χ3n) is 6.39. The maximum Gasteiger partial charge on any atom is 0.409 e. The summed E-state index contributed by atoms with van der Waals surface area (Å²) in [6.07, 6.45) is 1.27. The fourth-order valence-corrected chi connectivity index (χ4v) is 5.85. The Labute approximate surface area is 231 Å². The number of carbonyl (C=O) groups is 1. The molecule has 1 aliphatic rings. The number of methoxy groups -OCH3 is 2. The first kappa shape index (κ1) is 30.7. The standard InChI is InChI=1S/C28H40N2O8S/c1-27(2,3)38-26(32)29-28(18-20-11-7-6-8-12-20,25(31)19-37-21-13-9-10-14-21)30-39(33,34)22-15-16-23(35-4)24(17-22)36-5/h6-8,11-12,15-17,21,25,30-31H,9-10,13-14,18-19H2,1-5H3,(H,29,32). The predicted octanol–water partition coefficient (Wildman–Crippen LogP) is 3.77. The van der Waals surface area contributed by atoms with E-state index in [1.165, 1.54) is 32.4 Å². The number of ether oxygens (including phenoxy) is 4. The summed E-state index contributed by atoms with van der Waals surface area (Å²) in [4.78, 5) is 12.9. The maximum atomic E-state index is 13.8. The number of amides is 1. The molecular weight excluding hydrogens is 524 g/mol. The van der Waals surface area contributed by atoms with Gasteiger partial charge in [0.25, 0.3) is 0 Å². The minimum Gasteiger partial charge on any atom is -0.493 e. The van der Waals surface area contributed by atoms with Crippen LogP contribution in [0.25, 0.3) is 0 Å². The predicted molar refractivity (Wildman–Crippen MR) is 146 cm³/mol. The van der Waals surface area contributed by atoms with Gasteiger partial charge in [0.05, 0.1) is 31.8 Å². The van der Waals surface area contributed by atoms with E-state index in [-0.39, 0.29) is 29.8 Å². The van der Waals surface area contributed by atoms with Crippen LogP contribution in [0.15, 0.2) is 53.4 Å². The fraction of sp³-hybridized carbons (Fsp3) is 0.536. The molecule has 1 aliphatic carbocycles. The summed E-state index contributed by atoms with van der Waals surface area (Å²) >= 11 is 0. The molecule has 0 heterocycles. The number of hydrogen-bond acceptors (Lipinski definition) is 8. The lowest BCUT2D eigenvalue weighted by molar-refractivity contribution is -0.0515. The normalized spacial score (nSPS) is 16.8. The zero-order valence-corrected chi connectivity index (χ0v) is 24.0. The average Bonchev–Trinajstić information content (AvgIpc) is 3.39. The van der Waals surface area contributed by atoms with Gasteiger partial charge in [-0.1, -0.05) is 43.2 Å². The van der Waals surface area contributed by atoms with Gasteiger partial charge in [-0.2, -0.15) is 4.72 Å². The SMILES string of the molecule is COc1ccc(S(=O)(=O)NC(Cc2ccccc2)(NC(=O)OC(C)(C)C)C(O)COC2CCCC2)cc1OC. The Balaban J connectivity index is 2.05. The second-order valence-corrected chi connectivity index (χ2v) is 12.3. The summed E-state index contributed by atoms with van der Waals surface area (Å²) in [6.45, 7) is 4.87. The number of nitrogens with one attached hydrogen (secondary N) is 2. The Morgan fingerprint density at radius 2 is 1.67 bits per heavy atom. The molecule has 39 heavy (non-hydrogen) atoms. The number of rotatable bonds is 12. The van der Waals surface area contributed by atoms with E-state index in [0.717, 1.165) is 25.7 Å². The van der Waals surface area contributed by atoms with Crippen molar-refractivity contribution >= 4 is 16.1 Å². The van der Waals surface area contributed by atoms with Crippen LogP contribution in [0.2, 0.25) is 0 Å². The molecule has 1 saturated carbocycles. The number of alkyl carbamates (subject to hydrolysis) is 1. The van der Waals surface area contributed by atoms with E-state index in [2.05, 4.69) is 10.0 Å². The van der Waals surface area contributed by atoms with Crippen LogP contribution in [0, 0.1) is 0 Å². The van der Waals surface area contributed by atoms with Crippen molar-refractivity contribution in [1.29, 1.82) is 0 Å². The first-order valence-corrected chi connectivity index (χ1v) is 14.5. The average molecular weight is 565 g/mol. The molecule has 1 fully saturated rings. The third kappa shape index (κ3) is 8.56. The van der Waals surface area contributed by atoms with Crippen LogP contribution in [0.1, 0.15) is 52.0 Å². The number of benzene rings is 2. The molecule has 216 valence electrons. The molecule has 11 heteroatoms. The highest BCUT2D eigenvalue weighted by Gasteiger charge is 2.45. The van der Waals surface area contributed by atoms with Crippen molar-refractivity contribution in [3.8, 4) is 11.5 Å². The van der Waals surface area contributed by atoms with E-state index in [1.54, 1.807) is 45.0 Å². The van der Waals surface area contributed by atoms with Gasteiger partial charge in [0.2, 0.25) is 10.0 Å². The quantitative estimate of drug-likeness (QED) is 0.332. The Bertz CT molecular complexity index is 1190. The highest BCUT2D eigenvalue weighted by molar-refractivity contribution is 7.89. The summed E-state index contributed by atoms with van der Waals surface area (Å²) in [7, 11) is -1.50. The topological polar surface area (TPSA) is 132 Å². The summed E-state index contributed by atoms with van der Waals surface area (Å²) < 4.78 is 52.1. The Morgan fingerprint density at radius 1 is 1.03 bits per heavy atom. The largest absolute Gasteiger partial charge is 0.493 e. The van der Waals surface area contributed by atoms with Crippen LogP contribution in [-0.2, 0) is 25.9 Å². The van der Waals surface area contributed by atoms with Gasteiger partial charge in [-0.05, 0) is 51.3 Å². The summed E-state index contributed by atoms with van der Waals surface area (Å²) in [5.74, 6) is 0.558. The number of aliphatic hydroxyl groups is 1. The Morgan fingerprint density at radius 3 is 2.26 bits per heavy atom. The van der Waals surface area contributed by atoms with Gasteiger partial charge in [-0.25, -0.2) is 13.2 Å². The van der Waals surface area contributed by atoms with Crippen molar-refractivity contribution in [2.24, 2.45) is 0 Å². The van der Waals surface area contributed by atoms with Gasteiger partial charge in [0.15, 0.2) is 11.5 Å². The van der Waals surface area contributed by atoms with Gasteiger partial charge in [0.1, 0.15) is 17.4 Å². The summed E-state index contributed by atoms with van der Waals surface area (Å²) in [6, 6.07) is 13.1. The highest BCUT2D eigenvalue weighted by atomic mass is 32.2. The first-order valence-electron chi connectivity index (χ1n) is 13.0. The molecule has 3 N–H and O–H groups in total. The van der Waals surface area contributed by atoms with Crippen LogP contribution < -0.4 is 19.5 Å². The minimum absolute atomic E-state index is 0.0435. The molecule has 0 aromatic heterocycles. The number of carbonyl (C=O) groups excluding carboxylic acids is 1. The van der Waals surface area contributed by atoms with Crippen LogP contribution in [0.5, 0.6) is 11.5 Å². The van der Waals surface area contributed by atoms with E-state index in [4.69, 9.17) is 18.9 Å². The first-order chi connectivity index (χ1) is 18.4. The molecule has 2 atom stereocenters. The molecule has 0 radical (unpaired) electrons. The monoisotopic (exact) mass is 564 g/mol. The lowest BCUT2D eigenvalue weighted by Gasteiger charge is -2.40. The maximum absolute atomic E-state index is 13.8.